The van der Waals surface area contributed by atoms with E-state index < -0.39 is 18.7 Å². The van der Waals surface area contributed by atoms with Crippen LogP contribution in [0, 0.1) is 0 Å². The third-order valence-electron chi connectivity index (χ3n) is 3.83. The second-order valence-corrected chi connectivity index (χ2v) is 6.08. The van der Waals surface area contributed by atoms with Gasteiger partial charge in [-0.05, 0) is 39.5 Å². The van der Waals surface area contributed by atoms with Crippen LogP contribution >= 0.6 is 11.6 Å². The van der Waals surface area contributed by atoms with Crippen LogP contribution < -0.4 is 0 Å². The lowest BCUT2D eigenvalue weighted by Crippen LogP contribution is -2.09. The third-order valence-corrected chi connectivity index (χ3v) is 4.15. The van der Waals surface area contributed by atoms with Crippen molar-refractivity contribution in [1.82, 2.24) is 0 Å². The molecule has 0 saturated carbocycles. The maximum absolute atomic E-state index is 11.9. The van der Waals surface area contributed by atoms with Gasteiger partial charge in [0.25, 0.3) is 0 Å². The summed E-state index contributed by atoms with van der Waals surface area (Å²) in [6, 6.07) is 0. The Labute approximate surface area is 128 Å². The van der Waals surface area contributed by atoms with Gasteiger partial charge >= 0.3 is 6.18 Å². The van der Waals surface area contributed by atoms with E-state index in [1.165, 1.54) is 11.1 Å². The monoisotopic (exact) mass is 326 g/mol. The molecular formula is C15H22ClF3O2. The average molecular weight is 327 g/mol. The van der Waals surface area contributed by atoms with E-state index in [1.807, 2.05) is 6.92 Å². The minimum Gasteiger partial charge on any atom is -0.392 e. The van der Waals surface area contributed by atoms with Crippen LogP contribution in [0.4, 0.5) is 13.2 Å². The predicted octanol–water partition coefficient (Wildman–Crippen LogP) is 4.11. The summed E-state index contributed by atoms with van der Waals surface area (Å²) in [5, 5.41) is 18.2. The van der Waals surface area contributed by atoms with E-state index in [4.69, 9.17) is 21.8 Å². The van der Waals surface area contributed by atoms with Gasteiger partial charge in [-0.25, -0.2) is 0 Å². The largest absolute Gasteiger partial charge is 0.392 e. The Morgan fingerprint density at radius 2 is 1.38 bits per heavy atom. The van der Waals surface area contributed by atoms with Gasteiger partial charge in [0.05, 0.1) is 18.6 Å². The van der Waals surface area contributed by atoms with Gasteiger partial charge in [0, 0.05) is 5.88 Å². The summed E-state index contributed by atoms with van der Waals surface area (Å²) < 4.78 is 35.7. The van der Waals surface area contributed by atoms with Crippen molar-refractivity contribution in [3.8, 4) is 0 Å². The number of hydrogen-bond donors (Lipinski definition) is 2. The zero-order valence-corrected chi connectivity index (χ0v) is 13.1. The first-order valence-corrected chi connectivity index (χ1v) is 7.49. The van der Waals surface area contributed by atoms with Crippen molar-refractivity contribution in [3.05, 3.63) is 22.3 Å². The van der Waals surface area contributed by atoms with Gasteiger partial charge in [-0.2, -0.15) is 13.2 Å². The maximum Gasteiger partial charge on any atom is 0.392 e. The lowest BCUT2D eigenvalue weighted by Gasteiger charge is -2.07. The first-order valence-electron chi connectivity index (χ1n) is 6.96. The molecule has 2 aliphatic rings. The minimum absolute atomic E-state index is 0.154. The second-order valence-electron chi connectivity index (χ2n) is 5.82. The Morgan fingerprint density at radius 3 is 1.62 bits per heavy atom. The lowest BCUT2D eigenvalue weighted by atomic mass is 10.1. The molecule has 0 aromatic heterocycles. The molecule has 0 saturated heterocycles. The zero-order chi connectivity index (χ0) is 16.2. The molecule has 2 atom stereocenters. The molecule has 2 nitrogen and oxygen atoms in total. The molecule has 0 bridgehead atoms. The Morgan fingerprint density at radius 1 is 0.952 bits per heavy atom. The van der Waals surface area contributed by atoms with Crippen LogP contribution in [-0.4, -0.2) is 34.5 Å². The van der Waals surface area contributed by atoms with Crippen LogP contribution in [0.2, 0.25) is 0 Å². The van der Waals surface area contributed by atoms with Gasteiger partial charge in [-0.3, -0.25) is 0 Å². The highest BCUT2D eigenvalue weighted by Gasteiger charge is 2.32. The summed E-state index contributed by atoms with van der Waals surface area (Å²) in [4.78, 5) is 0. The highest BCUT2D eigenvalue weighted by molar-refractivity contribution is 6.19. The number of alkyl halides is 4. The molecule has 2 rings (SSSR count). The average Bonchev–Trinajstić information content (AvgIpc) is 2.80. The predicted molar refractivity (Wildman–Crippen MR) is 77.3 cm³/mol. The molecule has 0 aromatic carbocycles. The van der Waals surface area contributed by atoms with E-state index >= 15 is 0 Å². The van der Waals surface area contributed by atoms with Crippen molar-refractivity contribution in [3.63, 3.8) is 0 Å². The van der Waals surface area contributed by atoms with E-state index in [-0.39, 0.29) is 12.5 Å². The van der Waals surface area contributed by atoms with Crippen molar-refractivity contribution in [1.29, 1.82) is 0 Å². The second kappa shape index (κ2) is 7.65. The summed E-state index contributed by atoms with van der Waals surface area (Å²) in [7, 11) is 0. The summed E-state index contributed by atoms with van der Waals surface area (Å²) >= 11 is 5.60. The first kappa shape index (κ1) is 18.5. The third kappa shape index (κ3) is 6.41. The summed E-state index contributed by atoms with van der Waals surface area (Å²) in [5.41, 5.74) is 3.55. The fraction of sp³-hybridized carbons (Fsp3) is 0.733. The maximum atomic E-state index is 11.9. The molecule has 0 fully saturated rings. The first-order chi connectivity index (χ1) is 9.62. The highest BCUT2D eigenvalue weighted by Crippen LogP contribution is 2.34. The van der Waals surface area contributed by atoms with E-state index in [1.54, 1.807) is 6.92 Å². The molecule has 0 amide bonds. The molecule has 0 radical (unpaired) electrons. The number of halogens is 4. The van der Waals surface area contributed by atoms with Gasteiger partial charge < -0.3 is 10.2 Å². The van der Waals surface area contributed by atoms with Crippen LogP contribution in [0.5, 0.6) is 0 Å². The SMILES string of the molecule is CC1=C(CC(F)(F)F)CC(O)C1.CC1=C(CCl)CC(O)C1. The van der Waals surface area contributed by atoms with Crippen LogP contribution in [0.25, 0.3) is 0 Å². The normalized spacial score (nSPS) is 26.3. The topological polar surface area (TPSA) is 40.5 Å². The van der Waals surface area contributed by atoms with Crippen LogP contribution in [0.3, 0.4) is 0 Å². The summed E-state index contributed by atoms with van der Waals surface area (Å²) in [5.74, 6) is 0.586. The van der Waals surface area contributed by atoms with Gasteiger partial charge in [-0.15, -0.1) is 11.6 Å². The van der Waals surface area contributed by atoms with Crippen molar-refractivity contribution in [2.45, 2.75) is 64.3 Å². The van der Waals surface area contributed by atoms with Gasteiger partial charge in [-0.1, -0.05) is 22.3 Å². The molecule has 2 unspecified atom stereocenters. The zero-order valence-electron chi connectivity index (χ0n) is 12.3. The quantitative estimate of drug-likeness (QED) is 0.592. The van der Waals surface area contributed by atoms with Gasteiger partial charge in [0.2, 0.25) is 0 Å². The minimum atomic E-state index is -4.14. The van der Waals surface area contributed by atoms with Crippen LogP contribution in [0.1, 0.15) is 46.0 Å². The lowest BCUT2D eigenvalue weighted by molar-refractivity contribution is -0.127. The van der Waals surface area contributed by atoms with Crippen molar-refractivity contribution in [2.75, 3.05) is 5.88 Å². The van der Waals surface area contributed by atoms with Gasteiger partial charge in [0.1, 0.15) is 0 Å². The van der Waals surface area contributed by atoms with E-state index in [2.05, 4.69) is 0 Å². The Hall–Kier alpha value is -0.520. The number of hydrogen-bond acceptors (Lipinski definition) is 2. The van der Waals surface area contributed by atoms with Crippen molar-refractivity contribution >= 4 is 11.6 Å². The molecule has 0 aromatic rings. The molecule has 6 heteroatoms. The molecule has 0 heterocycles. The van der Waals surface area contributed by atoms with Crippen LogP contribution in [0.15, 0.2) is 22.3 Å². The molecule has 2 N–H and O–H groups in total. The standard InChI is InChI=1S/C8H11F3O.C7H11ClO/c1-5-2-7(12)3-6(5)4-8(9,10)11;1-5-2-7(9)3-6(5)4-8/h7,12H,2-4H2,1H3;7,9H,2-4H2,1H3. The van der Waals surface area contributed by atoms with Gasteiger partial charge in [0.15, 0.2) is 0 Å². The number of rotatable bonds is 2. The molecule has 21 heavy (non-hydrogen) atoms. The molecular weight excluding hydrogens is 305 g/mol. The summed E-state index contributed by atoms with van der Waals surface area (Å²) in [6.45, 7) is 3.69. The van der Waals surface area contributed by atoms with Crippen molar-refractivity contribution < 1.29 is 23.4 Å². The Balaban J connectivity index is 0.000000219. The van der Waals surface area contributed by atoms with E-state index in [0.717, 1.165) is 12.8 Å². The van der Waals surface area contributed by atoms with Crippen LogP contribution in [-0.2, 0) is 0 Å². The smallest absolute Gasteiger partial charge is 0.392 e. The molecule has 0 aliphatic heterocycles. The highest BCUT2D eigenvalue weighted by atomic mass is 35.5. The van der Waals surface area contributed by atoms with Crippen molar-refractivity contribution in [2.24, 2.45) is 0 Å². The number of aliphatic hydroxyl groups excluding tert-OH is 2. The molecule has 122 valence electrons. The van der Waals surface area contributed by atoms with E-state index in [9.17, 15) is 13.2 Å². The Kier molecular flexibility index (Phi) is 6.75. The van der Waals surface area contributed by atoms with E-state index in [0.29, 0.717) is 23.4 Å². The fourth-order valence-corrected chi connectivity index (χ4v) is 3.03. The fourth-order valence-electron chi connectivity index (χ4n) is 2.69. The summed E-state index contributed by atoms with van der Waals surface area (Å²) in [6.07, 6.45) is -3.56. The Bertz CT molecular complexity index is 427. The molecule has 0 spiro atoms. The number of aliphatic hydroxyl groups is 2. The molecule has 2 aliphatic carbocycles.